The Morgan fingerprint density at radius 3 is 1.43 bits per heavy atom. The molecular weight excluding hydrogens is 701 g/mol. The number of para-hydroxylation sites is 1. The molecule has 11 rings (SSSR count). The van der Waals surface area contributed by atoms with Crippen molar-refractivity contribution in [3.8, 4) is 33.4 Å². The monoisotopic (exact) mass is 740 g/mol. The van der Waals surface area contributed by atoms with Crippen LogP contribution in [0.1, 0.15) is 6.92 Å². The maximum atomic E-state index is 2.42. The number of aromatic nitrogens is 1. The molecule has 0 bridgehead atoms. The summed E-state index contributed by atoms with van der Waals surface area (Å²) in [6.45, 7) is 3.15. The Kier molecular flexibility index (Phi) is 8.15. The van der Waals surface area contributed by atoms with E-state index < -0.39 is 0 Å². The van der Waals surface area contributed by atoms with Gasteiger partial charge in [0.25, 0.3) is 0 Å². The van der Waals surface area contributed by atoms with Crippen LogP contribution in [0.15, 0.2) is 212 Å². The average Bonchev–Trinajstić information content (AvgIpc) is 3.62. The molecule has 0 N–H and O–H groups in total. The highest BCUT2D eigenvalue weighted by Gasteiger charge is 2.19. The largest absolute Gasteiger partial charge is 0.341 e. The lowest BCUT2D eigenvalue weighted by Crippen LogP contribution is -2.10. The minimum absolute atomic E-state index is 0.917. The van der Waals surface area contributed by atoms with E-state index in [0.29, 0.717) is 0 Å². The molecular formula is C56H40N2. The molecule has 0 saturated carbocycles. The van der Waals surface area contributed by atoms with Crippen LogP contribution < -0.4 is 4.90 Å². The number of fused-ring (bicyclic) bond motifs is 6. The number of benzene rings is 10. The zero-order valence-electron chi connectivity index (χ0n) is 32.3. The molecule has 0 unspecified atom stereocenters. The van der Waals surface area contributed by atoms with E-state index in [1.165, 1.54) is 87.5 Å². The van der Waals surface area contributed by atoms with Crippen molar-refractivity contribution in [2.45, 2.75) is 13.5 Å². The highest BCUT2D eigenvalue weighted by atomic mass is 15.1. The molecule has 274 valence electrons. The maximum absolute atomic E-state index is 2.42. The van der Waals surface area contributed by atoms with E-state index in [-0.39, 0.29) is 0 Å². The number of nitrogens with zero attached hydrogens (tertiary/aromatic N) is 2. The Morgan fingerprint density at radius 2 is 0.810 bits per heavy atom. The molecule has 0 aliphatic carbocycles. The van der Waals surface area contributed by atoms with Crippen LogP contribution in [0.3, 0.4) is 0 Å². The van der Waals surface area contributed by atoms with E-state index >= 15 is 0 Å². The van der Waals surface area contributed by atoms with Crippen molar-refractivity contribution in [1.82, 2.24) is 4.57 Å². The minimum Gasteiger partial charge on any atom is -0.341 e. The van der Waals surface area contributed by atoms with Crippen LogP contribution in [0, 0.1) is 0 Å². The first-order valence-electron chi connectivity index (χ1n) is 20.2. The van der Waals surface area contributed by atoms with Gasteiger partial charge in [-0.1, -0.05) is 164 Å². The Labute approximate surface area is 338 Å². The average molecular weight is 741 g/mol. The van der Waals surface area contributed by atoms with Gasteiger partial charge in [-0.05, 0) is 121 Å². The van der Waals surface area contributed by atoms with Crippen molar-refractivity contribution < 1.29 is 0 Å². The molecule has 0 amide bonds. The van der Waals surface area contributed by atoms with Gasteiger partial charge in [0.15, 0.2) is 0 Å². The summed E-state index contributed by atoms with van der Waals surface area (Å²) in [7, 11) is 0. The van der Waals surface area contributed by atoms with Gasteiger partial charge in [-0.3, -0.25) is 0 Å². The van der Waals surface area contributed by atoms with Gasteiger partial charge in [0.1, 0.15) is 0 Å². The minimum atomic E-state index is 0.917. The van der Waals surface area contributed by atoms with Gasteiger partial charge in [-0.2, -0.15) is 0 Å². The van der Waals surface area contributed by atoms with E-state index in [2.05, 4.69) is 229 Å². The van der Waals surface area contributed by atoms with Gasteiger partial charge in [0, 0.05) is 45.4 Å². The molecule has 2 heteroatoms. The topological polar surface area (TPSA) is 8.17 Å². The Balaban J connectivity index is 1.08. The van der Waals surface area contributed by atoms with Crippen molar-refractivity contribution in [1.29, 1.82) is 0 Å². The lowest BCUT2D eigenvalue weighted by Gasteiger charge is -2.26. The Bertz CT molecular complexity index is 3240. The fraction of sp³-hybridized carbons (Fsp3) is 0.0357. The number of anilines is 3. The number of hydrogen-bond donors (Lipinski definition) is 0. The van der Waals surface area contributed by atoms with E-state index in [1.54, 1.807) is 0 Å². The zero-order chi connectivity index (χ0) is 38.6. The molecule has 0 spiro atoms. The summed E-state index contributed by atoms with van der Waals surface area (Å²) in [5.74, 6) is 0. The lowest BCUT2D eigenvalue weighted by molar-refractivity contribution is 0.827. The zero-order valence-corrected chi connectivity index (χ0v) is 32.3. The number of hydrogen-bond acceptors (Lipinski definition) is 1. The molecule has 2 nitrogen and oxygen atoms in total. The van der Waals surface area contributed by atoms with Crippen LogP contribution >= 0.6 is 0 Å². The summed E-state index contributed by atoms with van der Waals surface area (Å²) in [6, 6.07) is 77.8. The molecule has 1 aromatic heterocycles. The molecule has 10 aromatic carbocycles. The van der Waals surface area contributed by atoms with E-state index in [1.807, 2.05) is 0 Å². The van der Waals surface area contributed by atoms with Crippen molar-refractivity contribution in [2.24, 2.45) is 0 Å². The summed E-state index contributed by atoms with van der Waals surface area (Å²) in [5.41, 5.74) is 13.3. The van der Waals surface area contributed by atoms with Crippen molar-refractivity contribution in [3.63, 3.8) is 0 Å². The summed E-state index contributed by atoms with van der Waals surface area (Å²) >= 11 is 0. The number of rotatable bonds is 7. The second-order valence-electron chi connectivity index (χ2n) is 15.1. The Morgan fingerprint density at radius 1 is 0.345 bits per heavy atom. The number of aryl methyl sites for hydroxylation is 1. The normalized spacial score (nSPS) is 11.6. The smallest absolute Gasteiger partial charge is 0.0492 e. The third-order valence-corrected chi connectivity index (χ3v) is 12.0. The fourth-order valence-corrected chi connectivity index (χ4v) is 9.37. The van der Waals surface area contributed by atoms with Crippen molar-refractivity contribution in [3.05, 3.63) is 212 Å². The molecule has 0 fully saturated rings. The SMILES string of the molecule is CCn1c2ccccc2c2cc(N(c3ccc(-c4cccc5ccccc45)cc3)c3ccc(-c4c5ccccc5c(-c5ccccc5)c5ccccc45)cc3)ccc21. The summed E-state index contributed by atoms with van der Waals surface area (Å²) < 4.78 is 2.42. The summed E-state index contributed by atoms with van der Waals surface area (Å²) in [4.78, 5) is 2.41. The maximum Gasteiger partial charge on any atom is 0.0492 e. The second kappa shape index (κ2) is 14.0. The molecule has 0 radical (unpaired) electrons. The predicted molar refractivity (Wildman–Crippen MR) is 249 cm³/mol. The van der Waals surface area contributed by atoms with Crippen LogP contribution in [0.5, 0.6) is 0 Å². The molecule has 0 atom stereocenters. The van der Waals surface area contributed by atoms with Gasteiger partial charge in [0.05, 0.1) is 0 Å². The first-order valence-corrected chi connectivity index (χ1v) is 20.2. The van der Waals surface area contributed by atoms with Gasteiger partial charge in [-0.25, -0.2) is 0 Å². The summed E-state index contributed by atoms with van der Waals surface area (Å²) in [6.07, 6.45) is 0. The molecule has 11 aromatic rings. The third kappa shape index (κ3) is 5.49. The van der Waals surface area contributed by atoms with Gasteiger partial charge >= 0.3 is 0 Å². The second-order valence-corrected chi connectivity index (χ2v) is 15.1. The van der Waals surface area contributed by atoms with Gasteiger partial charge in [0.2, 0.25) is 0 Å². The molecule has 58 heavy (non-hydrogen) atoms. The van der Waals surface area contributed by atoms with Crippen molar-refractivity contribution in [2.75, 3.05) is 4.90 Å². The van der Waals surface area contributed by atoms with E-state index in [4.69, 9.17) is 0 Å². The van der Waals surface area contributed by atoms with Gasteiger partial charge < -0.3 is 9.47 Å². The molecule has 1 heterocycles. The van der Waals surface area contributed by atoms with Gasteiger partial charge in [-0.15, -0.1) is 0 Å². The Hall–Kier alpha value is -7.42. The van der Waals surface area contributed by atoms with Crippen LogP contribution in [-0.4, -0.2) is 4.57 Å². The van der Waals surface area contributed by atoms with Crippen molar-refractivity contribution >= 4 is 71.2 Å². The first-order chi connectivity index (χ1) is 28.7. The molecule has 0 saturated heterocycles. The highest BCUT2D eigenvalue weighted by Crippen LogP contribution is 2.45. The fourth-order valence-electron chi connectivity index (χ4n) is 9.37. The van der Waals surface area contributed by atoms with Crippen LogP contribution in [0.2, 0.25) is 0 Å². The van der Waals surface area contributed by atoms with Crippen LogP contribution in [0.4, 0.5) is 17.1 Å². The quantitative estimate of drug-likeness (QED) is 0.148. The molecule has 0 aliphatic rings. The predicted octanol–water partition coefficient (Wildman–Crippen LogP) is 15.7. The van der Waals surface area contributed by atoms with Crippen LogP contribution in [-0.2, 0) is 6.54 Å². The summed E-state index contributed by atoms with van der Waals surface area (Å²) in [5, 5.41) is 10.1. The molecule has 0 aliphatic heterocycles. The van der Waals surface area contributed by atoms with Crippen LogP contribution in [0.25, 0.3) is 87.5 Å². The lowest BCUT2D eigenvalue weighted by atomic mass is 9.86. The standard InChI is InChI=1S/C56H40N2/c1-2-57-53-26-13-12-20-47(53)52-37-44(35-36-54(52)57)58(42-31-27-39(28-32-42)46-25-14-18-38-15-6-7-19-45(38)46)43-33-29-41(30-34-43)56-50-23-10-8-21-48(50)55(40-16-4-3-5-17-40)49-22-9-11-24-51(49)56/h3-37H,2H2,1H3. The first kappa shape index (κ1) is 33.9. The van der Waals surface area contributed by atoms with E-state index in [9.17, 15) is 0 Å². The van der Waals surface area contributed by atoms with E-state index in [0.717, 1.165) is 23.6 Å². The third-order valence-electron chi connectivity index (χ3n) is 12.0. The highest BCUT2D eigenvalue weighted by molar-refractivity contribution is 6.21.